The van der Waals surface area contributed by atoms with Crippen molar-refractivity contribution in [3.63, 3.8) is 0 Å². The SMILES string of the molecule is CCS(=O)(=O)NC1CCc2[nH]c3ccc(Cl)cc3c2C1. The van der Waals surface area contributed by atoms with Crippen molar-refractivity contribution in [1.82, 2.24) is 9.71 Å². The van der Waals surface area contributed by atoms with Crippen molar-refractivity contribution in [3.8, 4) is 0 Å². The zero-order valence-corrected chi connectivity index (χ0v) is 12.8. The van der Waals surface area contributed by atoms with Crippen LogP contribution in [0.2, 0.25) is 5.02 Å². The fourth-order valence-corrected chi connectivity index (χ4v) is 3.87. The van der Waals surface area contributed by atoms with Crippen LogP contribution in [0.3, 0.4) is 0 Å². The quantitative estimate of drug-likeness (QED) is 0.915. The summed E-state index contributed by atoms with van der Waals surface area (Å²) in [4.78, 5) is 3.40. The largest absolute Gasteiger partial charge is 0.358 e. The van der Waals surface area contributed by atoms with Gasteiger partial charge >= 0.3 is 0 Å². The Hall–Kier alpha value is -1.04. The Morgan fingerprint density at radius 2 is 2.25 bits per heavy atom. The van der Waals surface area contributed by atoms with E-state index in [1.54, 1.807) is 6.92 Å². The molecule has 0 saturated heterocycles. The molecule has 2 N–H and O–H groups in total. The normalized spacial score (nSPS) is 19.2. The number of halogens is 1. The summed E-state index contributed by atoms with van der Waals surface area (Å²) in [5.41, 5.74) is 3.46. The summed E-state index contributed by atoms with van der Waals surface area (Å²) in [5.74, 6) is 0.121. The number of sulfonamides is 1. The molecule has 1 aromatic heterocycles. The zero-order chi connectivity index (χ0) is 14.3. The fourth-order valence-electron chi connectivity index (χ4n) is 2.83. The predicted molar refractivity (Wildman–Crippen MR) is 81.7 cm³/mol. The average Bonchev–Trinajstić information content (AvgIpc) is 2.76. The molecule has 4 nitrogen and oxygen atoms in total. The molecule has 2 aromatic rings. The van der Waals surface area contributed by atoms with E-state index in [2.05, 4.69) is 9.71 Å². The number of aryl methyl sites for hydroxylation is 1. The van der Waals surface area contributed by atoms with E-state index in [4.69, 9.17) is 11.6 Å². The first-order valence-corrected chi connectivity index (χ1v) is 8.80. The second-order valence-electron chi connectivity index (χ2n) is 5.23. The summed E-state index contributed by atoms with van der Waals surface area (Å²) in [6.07, 6.45) is 2.40. The Morgan fingerprint density at radius 3 is 3.00 bits per heavy atom. The minimum absolute atomic E-state index is 0.0227. The van der Waals surface area contributed by atoms with E-state index in [0.717, 1.165) is 30.2 Å². The van der Waals surface area contributed by atoms with E-state index in [0.29, 0.717) is 5.02 Å². The molecular formula is C14H17ClN2O2S. The molecule has 3 rings (SSSR count). The molecule has 0 fully saturated rings. The van der Waals surface area contributed by atoms with Gasteiger partial charge in [-0.05, 0) is 49.9 Å². The lowest BCUT2D eigenvalue weighted by Gasteiger charge is -2.23. The Labute approximate surface area is 123 Å². The van der Waals surface area contributed by atoms with Gasteiger partial charge in [0, 0.05) is 27.7 Å². The van der Waals surface area contributed by atoms with E-state index < -0.39 is 10.0 Å². The van der Waals surface area contributed by atoms with Crippen LogP contribution in [0.5, 0.6) is 0 Å². The summed E-state index contributed by atoms with van der Waals surface area (Å²) in [7, 11) is -3.15. The minimum atomic E-state index is -3.15. The first kappa shape index (κ1) is 13.9. The lowest BCUT2D eigenvalue weighted by atomic mass is 9.92. The zero-order valence-electron chi connectivity index (χ0n) is 11.2. The Balaban J connectivity index is 1.94. The number of fused-ring (bicyclic) bond motifs is 3. The highest BCUT2D eigenvalue weighted by Crippen LogP contribution is 2.31. The van der Waals surface area contributed by atoms with Crippen molar-refractivity contribution >= 4 is 32.5 Å². The highest BCUT2D eigenvalue weighted by Gasteiger charge is 2.25. The van der Waals surface area contributed by atoms with Gasteiger partial charge in [-0.3, -0.25) is 0 Å². The van der Waals surface area contributed by atoms with Crippen LogP contribution in [-0.2, 0) is 22.9 Å². The fraction of sp³-hybridized carbons (Fsp3) is 0.429. The third kappa shape index (κ3) is 2.57. The Bertz CT molecular complexity index is 752. The van der Waals surface area contributed by atoms with E-state index in [1.807, 2.05) is 18.2 Å². The number of benzene rings is 1. The van der Waals surface area contributed by atoms with Crippen molar-refractivity contribution < 1.29 is 8.42 Å². The van der Waals surface area contributed by atoms with E-state index in [1.165, 1.54) is 11.3 Å². The van der Waals surface area contributed by atoms with Gasteiger partial charge in [-0.15, -0.1) is 0 Å². The van der Waals surface area contributed by atoms with Crippen molar-refractivity contribution in [2.75, 3.05) is 5.75 Å². The molecular weight excluding hydrogens is 296 g/mol. The highest BCUT2D eigenvalue weighted by molar-refractivity contribution is 7.89. The maximum Gasteiger partial charge on any atom is 0.211 e. The number of H-pyrrole nitrogens is 1. The molecule has 0 saturated carbocycles. The van der Waals surface area contributed by atoms with Gasteiger partial charge in [0.1, 0.15) is 0 Å². The monoisotopic (exact) mass is 312 g/mol. The first-order valence-electron chi connectivity index (χ1n) is 6.77. The summed E-state index contributed by atoms with van der Waals surface area (Å²) < 4.78 is 26.2. The lowest BCUT2D eigenvalue weighted by molar-refractivity contribution is 0.507. The Kier molecular flexibility index (Phi) is 3.52. The van der Waals surface area contributed by atoms with Crippen molar-refractivity contribution in [1.29, 1.82) is 0 Å². The van der Waals surface area contributed by atoms with Crippen LogP contribution in [0.25, 0.3) is 10.9 Å². The molecule has 1 unspecified atom stereocenters. The van der Waals surface area contributed by atoms with Crippen LogP contribution in [0.1, 0.15) is 24.6 Å². The van der Waals surface area contributed by atoms with Crippen LogP contribution in [0.4, 0.5) is 0 Å². The smallest absolute Gasteiger partial charge is 0.211 e. The summed E-state index contributed by atoms with van der Waals surface area (Å²) in [6, 6.07) is 5.76. The number of nitrogens with one attached hydrogen (secondary N) is 2. The molecule has 0 amide bonds. The standard InChI is InChI=1S/C14H17ClN2O2S/c1-2-20(18,19)17-10-4-6-14-12(8-10)11-7-9(15)3-5-13(11)16-14/h3,5,7,10,16-17H,2,4,6,8H2,1H3. The second kappa shape index (κ2) is 5.06. The summed E-state index contributed by atoms with van der Waals surface area (Å²) in [6.45, 7) is 1.65. The second-order valence-corrected chi connectivity index (χ2v) is 7.71. The van der Waals surface area contributed by atoms with Gasteiger partial charge in [0.25, 0.3) is 0 Å². The summed E-state index contributed by atoms with van der Waals surface area (Å²) in [5, 5.41) is 1.81. The van der Waals surface area contributed by atoms with Gasteiger partial charge in [0.15, 0.2) is 0 Å². The molecule has 1 atom stereocenters. The molecule has 1 aliphatic carbocycles. The van der Waals surface area contributed by atoms with E-state index in [-0.39, 0.29) is 11.8 Å². The first-order chi connectivity index (χ1) is 9.48. The van der Waals surface area contributed by atoms with Gasteiger partial charge in [-0.1, -0.05) is 11.6 Å². The third-order valence-corrected chi connectivity index (χ3v) is 5.56. The molecule has 0 spiro atoms. The Morgan fingerprint density at radius 1 is 1.45 bits per heavy atom. The lowest BCUT2D eigenvalue weighted by Crippen LogP contribution is -2.39. The van der Waals surface area contributed by atoms with Crippen molar-refractivity contribution in [3.05, 3.63) is 34.5 Å². The number of hydrogen-bond donors (Lipinski definition) is 2. The average molecular weight is 313 g/mol. The highest BCUT2D eigenvalue weighted by atomic mass is 35.5. The van der Waals surface area contributed by atoms with Crippen LogP contribution in [0.15, 0.2) is 18.2 Å². The van der Waals surface area contributed by atoms with Gasteiger partial charge in [-0.2, -0.15) is 0 Å². The number of aromatic nitrogens is 1. The van der Waals surface area contributed by atoms with Gasteiger partial charge in [0.05, 0.1) is 5.75 Å². The molecule has 6 heteroatoms. The number of rotatable bonds is 3. The maximum absolute atomic E-state index is 11.7. The molecule has 1 aliphatic rings. The molecule has 0 bridgehead atoms. The van der Waals surface area contributed by atoms with Crippen LogP contribution < -0.4 is 4.72 Å². The molecule has 0 radical (unpaired) electrons. The van der Waals surface area contributed by atoms with Crippen LogP contribution >= 0.6 is 11.6 Å². The van der Waals surface area contributed by atoms with Crippen LogP contribution in [-0.4, -0.2) is 25.2 Å². The molecule has 20 heavy (non-hydrogen) atoms. The van der Waals surface area contributed by atoms with Crippen LogP contribution in [0, 0.1) is 0 Å². The molecule has 108 valence electrons. The van der Waals surface area contributed by atoms with Gasteiger partial charge < -0.3 is 4.98 Å². The van der Waals surface area contributed by atoms with E-state index in [9.17, 15) is 8.42 Å². The van der Waals surface area contributed by atoms with Crippen molar-refractivity contribution in [2.24, 2.45) is 0 Å². The van der Waals surface area contributed by atoms with Gasteiger partial charge in [-0.25, -0.2) is 13.1 Å². The number of hydrogen-bond acceptors (Lipinski definition) is 2. The minimum Gasteiger partial charge on any atom is -0.358 e. The number of aromatic amines is 1. The molecule has 1 heterocycles. The topological polar surface area (TPSA) is 62.0 Å². The van der Waals surface area contributed by atoms with E-state index >= 15 is 0 Å². The molecule has 1 aromatic carbocycles. The predicted octanol–water partition coefficient (Wildman–Crippen LogP) is 2.62. The molecule has 0 aliphatic heterocycles. The van der Waals surface area contributed by atoms with Gasteiger partial charge in [0.2, 0.25) is 10.0 Å². The maximum atomic E-state index is 11.7. The van der Waals surface area contributed by atoms with Crippen molar-refractivity contribution in [2.45, 2.75) is 32.2 Å². The third-order valence-electron chi connectivity index (χ3n) is 3.88. The summed E-state index contributed by atoms with van der Waals surface area (Å²) >= 11 is 6.06.